The van der Waals surface area contributed by atoms with Gasteiger partial charge >= 0.3 is 6.29 Å². The first-order valence-corrected chi connectivity index (χ1v) is 8.14. The molecule has 2 heterocycles. The lowest BCUT2D eigenvalue weighted by Crippen LogP contribution is -2.34. The van der Waals surface area contributed by atoms with Crippen LogP contribution >= 0.6 is 0 Å². The van der Waals surface area contributed by atoms with Gasteiger partial charge in [0.2, 0.25) is 5.91 Å². The lowest BCUT2D eigenvalue weighted by Gasteiger charge is -2.12. The molecule has 1 aliphatic rings. The molecule has 3 aromatic rings. The monoisotopic (exact) mass is 402 g/mol. The van der Waals surface area contributed by atoms with E-state index in [2.05, 4.69) is 19.9 Å². The number of nitrogens with zero attached hydrogens (tertiary/aromatic N) is 2. The number of amides is 1. The van der Waals surface area contributed by atoms with Gasteiger partial charge in [-0.2, -0.15) is 5.10 Å². The topological polar surface area (TPSA) is 123 Å². The van der Waals surface area contributed by atoms with Crippen LogP contribution in [0, 0.1) is 0 Å². The first-order chi connectivity index (χ1) is 13.7. The Morgan fingerprint density at radius 1 is 1.10 bits per heavy atom. The molecule has 9 nitrogen and oxygen atoms in total. The maximum absolute atomic E-state index is 13.1. The Balaban J connectivity index is 1.60. The van der Waals surface area contributed by atoms with Crippen molar-refractivity contribution in [3.05, 3.63) is 58.5 Å². The van der Waals surface area contributed by atoms with E-state index in [0.29, 0.717) is 4.68 Å². The third-order valence-corrected chi connectivity index (χ3v) is 4.04. The summed E-state index contributed by atoms with van der Waals surface area (Å²) in [5, 5.41) is 17.6. The van der Waals surface area contributed by atoms with Gasteiger partial charge in [-0.15, -0.1) is 8.78 Å². The van der Waals surface area contributed by atoms with Crippen molar-refractivity contribution < 1.29 is 33.0 Å². The number of benzene rings is 2. The molecule has 1 aromatic heterocycles. The van der Waals surface area contributed by atoms with E-state index < -0.39 is 36.0 Å². The standard InChI is InChI=1S/C18H11F2N3O6/c19-18(20)28-12-6-5-9(7-13(12)29-18)21-14(24)8-23-16(25)11-4-2-1-3-10(11)15(22-23)17(26)27/h1-7H,8H2,(H,21,24)(H,26,27)/p-1. The number of aromatic nitrogens is 2. The highest BCUT2D eigenvalue weighted by Crippen LogP contribution is 2.42. The summed E-state index contributed by atoms with van der Waals surface area (Å²) in [4.78, 5) is 36.1. The smallest absolute Gasteiger partial charge is 0.543 e. The number of fused-ring (bicyclic) bond motifs is 2. The summed E-state index contributed by atoms with van der Waals surface area (Å²) in [6.45, 7) is -0.617. The SMILES string of the molecule is O=C(Cn1nc(C(=O)[O-])c2ccccc2c1=O)Nc1ccc2c(c1)OC(F)(F)O2. The fourth-order valence-corrected chi connectivity index (χ4v) is 2.86. The highest BCUT2D eigenvalue weighted by molar-refractivity contribution is 6.00. The van der Waals surface area contributed by atoms with Crippen LogP contribution in [0.25, 0.3) is 10.8 Å². The van der Waals surface area contributed by atoms with Crippen LogP contribution < -0.4 is 25.5 Å². The predicted molar refractivity (Wildman–Crippen MR) is 91.6 cm³/mol. The molecule has 148 valence electrons. The minimum Gasteiger partial charge on any atom is -0.543 e. The molecule has 0 spiro atoms. The maximum atomic E-state index is 13.1. The molecule has 1 aliphatic heterocycles. The fraction of sp³-hybridized carbons (Fsp3) is 0.111. The van der Waals surface area contributed by atoms with Crippen molar-refractivity contribution in [2.75, 3.05) is 5.32 Å². The number of hydrogen-bond acceptors (Lipinski definition) is 7. The van der Waals surface area contributed by atoms with E-state index in [1.807, 2.05) is 0 Å². The van der Waals surface area contributed by atoms with Crippen molar-refractivity contribution >= 4 is 28.3 Å². The van der Waals surface area contributed by atoms with Gasteiger partial charge in [0.15, 0.2) is 11.5 Å². The molecule has 29 heavy (non-hydrogen) atoms. The fourth-order valence-electron chi connectivity index (χ4n) is 2.86. The van der Waals surface area contributed by atoms with Gasteiger partial charge in [0, 0.05) is 17.1 Å². The molecule has 2 aromatic carbocycles. The van der Waals surface area contributed by atoms with Gasteiger partial charge in [0.1, 0.15) is 12.2 Å². The predicted octanol–water partition coefficient (Wildman–Crippen LogP) is 0.720. The Labute approximate surface area is 160 Å². The third-order valence-electron chi connectivity index (χ3n) is 4.04. The zero-order valence-corrected chi connectivity index (χ0v) is 14.3. The van der Waals surface area contributed by atoms with Gasteiger partial charge in [-0.05, 0) is 18.2 Å². The number of carboxylic acid groups (broad SMARTS) is 1. The average Bonchev–Trinajstić information content (AvgIpc) is 2.97. The molecule has 0 atom stereocenters. The second-order valence-electron chi connectivity index (χ2n) is 6.02. The molecular weight excluding hydrogens is 392 g/mol. The summed E-state index contributed by atoms with van der Waals surface area (Å²) >= 11 is 0. The summed E-state index contributed by atoms with van der Waals surface area (Å²) in [5.41, 5.74) is -1.06. The number of ether oxygens (including phenoxy) is 2. The van der Waals surface area contributed by atoms with Crippen molar-refractivity contribution in [1.82, 2.24) is 9.78 Å². The largest absolute Gasteiger partial charge is 0.586 e. The molecule has 0 saturated heterocycles. The summed E-state index contributed by atoms with van der Waals surface area (Å²) < 4.78 is 35.4. The first-order valence-electron chi connectivity index (χ1n) is 8.14. The van der Waals surface area contributed by atoms with Crippen molar-refractivity contribution in [3.63, 3.8) is 0 Å². The second-order valence-corrected chi connectivity index (χ2v) is 6.02. The zero-order valence-electron chi connectivity index (χ0n) is 14.3. The number of carboxylic acids is 1. The van der Waals surface area contributed by atoms with Crippen LogP contribution in [-0.4, -0.2) is 28.0 Å². The minimum atomic E-state index is -3.80. The van der Waals surface area contributed by atoms with Crippen LogP contribution in [-0.2, 0) is 11.3 Å². The molecule has 0 fully saturated rings. The normalized spacial score (nSPS) is 14.0. The van der Waals surface area contributed by atoms with Crippen LogP contribution in [0.5, 0.6) is 11.5 Å². The molecule has 0 saturated carbocycles. The van der Waals surface area contributed by atoms with Crippen LogP contribution in [0.4, 0.5) is 14.5 Å². The molecule has 11 heteroatoms. The van der Waals surface area contributed by atoms with Gasteiger partial charge in [0.25, 0.3) is 5.56 Å². The van der Waals surface area contributed by atoms with Crippen LogP contribution in [0.15, 0.2) is 47.3 Å². The Bertz CT molecular complexity index is 1220. The number of alkyl halides is 2. The minimum absolute atomic E-state index is 0.0554. The maximum Gasteiger partial charge on any atom is 0.586 e. The summed E-state index contributed by atoms with van der Waals surface area (Å²) in [7, 11) is 0. The number of hydrogen-bond donors (Lipinski definition) is 1. The van der Waals surface area contributed by atoms with Crippen molar-refractivity contribution in [2.24, 2.45) is 0 Å². The molecule has 4 rings (SSSR count). The summed E-state index contributed by atoms with van der Waals surface area (Å²) in [5.74, 6) is -2.82. The van der Waals surface area contributed by atoms with Crippen LogP contribution in [0.1, 0.15) is 10.5 Å². The quantitative estimate of drug-likeness (QED) is 0.682. The number of anilines is 1. The van der Waals surface area contributed by atoms with E-state index >= 15 is 0 Å². The first kappa shape index (κ1) is 18.3. The summed E-state index contributed by atoms with van der Waals surface area (Å²) in [6, 6.07) is 9.48. The lowest BCUT2D eigenvalue weighted by atomic mass is 10.1. The number of nitrogens with one attached hydrogen (secondary N) is 1. The number of halogens is 2. The van der Waals surface area contributed by atoms with E-state index in [9.17, 15) is 28.3 Å². The molecule has 1 amide bonds. The lowest BCUT2D eigenvalue weighted by molar-refractivity contribution is -0.286. The molecular formula is C18H10F2N3O6-. The highest BCUT2D eigenvalue weighted by Gasteiger charge is 2.43. The number of aromatic carboxylic acids is 1. The van der Waals surface area contributed by atoms with Crippen molar-refractivity contribution in [1.29, 1.82) is 0 Å². The van der Waals surface area contributed by atoms with E-state index in [4.69, 9.17) is 0 Å². The molecule has 0 unspecified atom stereocenters. The molecule has 0 radical (unpaired) electrons. The van der Waals surface area contributed by atoms with Gasteiger partial charge in [-0.1, -0.05) is 18.2 Å². The van der Waals surface area contributed by atoms with Crippen LogP contribution in [0.3, 0.4) is 0 Å². The summed E-state index contributed by atoms with van der Waals surface area (Å²) in [6.07, 6.45) is -3.80. The Hall–Kier alpha value is -4.02. The average molecular weight is 402 g/mol. The molecule has 0 aliphatic carbocycles. The van der Waals surface area contributed by atoms with E-state index in [1.165, 1.54) is 36.4 Å². The van der Waals surface area contributed by atoms with E-state index in [0.717, 1.165) is 6.07 Å². The number of carbonyl (C=O) groups excluding carboxylic acids is 2. The highest BCUT2D eigenvalue weighted by atomic mass is 19.3. The zero-order chi connectivity index (χ0) is 20.8. The third kappa shape index (κ3) is 3.45. The van der Waals surface area contributed by atoms with Gasteiger partial charge in [-0.25, -0.2) is 4.68 Å². The number of carbonyl (C=O) groups is 2. The van der Waals surface area contributed by atoms with Gasteiger partial charge < -0.3 is 24.7 Å². The Morgan fingerprint density at radius 3 is 2.52 bits per heavy atom. The van der Waals surface area contributed by atoms with Crippen LogP contribution in [0.2, 0.25) is 0 Å². The molecule has 1 N–H and O–H groups in total. The van der Waals surface area contributed by atoms with Gasteiger partial charge in [-0.3, -0.25) is 9.59 Å². The van der Waals surface area contributed by atoms with Crippen molar-refractivity contribution in [2.45, 2.75) is 12.8 Å². The van der Waals surface area contributed by atoms with Crippen molar-refractivity contribution in [3.8, 4) is 11.5 Å². The van der Waals surface area contributed by atoms with E-state index in [-0.39, 0.29) is 28.0 Å². The second kappa shape index (κ2) is 6.55. The van der Waals surface area contributed by atoms with Gasteiger partial charge in [0.05, 0.1) is 11.4 Å². The van der Waals surface area contributed by atoms with E-state index in [1.54, 1.807) is 0 Å². The number of rotatable bonds is 4. The molecule has 0 bridgehead atoms. The Kier molecular flexibility index (Phi) is 4.14. The Morgan fingerprint density at radius 2 is 1.79 bits per heavy atom.